The minimum Gasteiger partial charge on any atom is -0.317 e. The van der Waals surface area contributed by atoms with Crippen LogP contribution in [0.2, 0.25) is 10.0 Å². The highest BCUT2D eigenvalue weighted by molar-refractivity contribution is 6.42. The molecule has 1 aromatic carbocycles. The average Bonchev–Trinajstić information content (AvgIpc) is 2.99. The van der Waals surface area contributed by atoms with E-state index in [9.17, 15) is 4.79 Å². The number of halogens is 3. The first-order chi connectivity index (χ1) is 11.1. The van der Waals surface area contributed by atoms with Gasteiger partial charge < -0.3 is 10.6 Å². The predicted octanol–water partition coefficient (Wildman–Crippen LogP) is 3.60. The number of hydrogen-bond donors (Lipinski definition) is 2. The largest absolute Gasteiger partial charge is 0.317 e. The first-order valence-electron chi connectivity index (χ1n) is 7.61. The molecule has 1 aliphatic heterocycles. The van der Waals surface area contributed by atoms with Gasteiger partial charge in [0, 0.05) is 12.0 Å². The van der Waals surface area contributed by atoms with Gasteiger partial charge in [-0.25, -0.2) is 4.68 Å². The Kier molecular flexibility index (Phi) is 6.92. The lowest BCUT2D eigenvalue weighted by Gasteiger charge is -2.22. The maximum atomic E-state index is 12.4. The molecule has 24 heavy (non-hydrogen) atoms. The van der Waals surface area contributed by atoms with Crippen LogP contribution in [0.1, 0.15) is 18.4 Å². The Bertz CT molecular complexity index is 698. The molecule has 130 valence electrons. The van der Waals surface area contributed by atoms with Crippen LogP contribution in [0.25, 0.3) is 0 Å². The molecule has 2 heterocycles. The van der Waals surface area contributed by atoms with Crippen molar-refractivity contribution in [1.29, 1.82) is 0 Å². The van der Waals surface area contributed by atoms with E-state index in [-0.39, 0.29) is 24.2 Å². The van der Waals surface area contributed by atoms with Crippen LogP contribution >= 0.6 is 35.6 Å². The first-order valence-corrected chi connectivity index (χ1v) is 8.37. The van der Waals surface area contributed by atoms with Gasteiger partial charge in [0.25, 0.3) is 0 Å². The molecule has 1 aromatic heterocycles. The molecule has 0 saturated carbocycles. The van der Waals surface area contributed by atoms with Gasteiger partial charge in [-0.05, 0) is 37.6 Å². The van der Waals surface area contributed by atoms with Gasteiger partial charge in [-0.15, -0.1) is 12.4 Å². The van der Waals surface area contributed by atoms with Crippen LogP contribution in [-0.2, 0) is 11.3 Å². The van der Waals surface area contributed by atoms with Crippen molar-refractivity contribution < 1.29 is 4.79 Å². The molecular weight excluding hydrogens is 371 g/mol. The van der Waals surface area contributed by atoms with Crippen molar-refractivity contribution in [1.82, 2.24) is 15.1 Å². The Hall–Kier alpha value is -1.27. The summed E-state index contributed by atoms with van der Waals surface area (Å²) in [5.41, 5.74) is 0.861. The van der Waals surface area contributed by atoms with E-state index in [0.717, 1.165) is 31.5 Å². The minimum atomic E-state index is 0. The fraction of sp³-hybridized carbons (Fsp3) is 0.375. The number of hydrogen-bond acceptors (Lipinski definition) is 3. The van der Waals surface area contributed by atoms with Crippen LogP contribution < -0.4 is 10.6 Å². The zero-order valence-electron chi connectivity index (χ0n) is 13.0. The lowest BCUT2D eigenvalue weighted by molar-refractivity contribution is -0.120. The SMILES string of the molecule is Cl.O=C(Nc1ccnn1Cc1cccc(Cl)c1Cl)C1CCNCC1. The molecular formula is C16H19Cl3N4O. The summed E-state index contributed by atoms with van der Waals surface area (Å²) in [7, 11) is 0. The first kappa shape index (κ1) is 19.1. The Morgan fingerprint density at radius 2 is 2.04 bits per heavy atom. The molecule has 1 saturated heterocycles. The van der Waals surface area contributed by atoms with Gasteiger partial charge in [-0.2, -0.15) is 5.10 Å². The predicted molar refractivity (Wildman–Crippen MR) is 99.3 cm³/mol. The smallest absolute Gasteiger partial charge is 0.228 e. The van der Waals surface area contributed by atoms with Crippen molar-refractivity contribution in [2.45, 2.75) is 19.4 Å². The number of nitrogens with one attached hydrogen (secondary N) is 2. The van der Waals surface area contributed by atoms with E-state index >= 15 is 0 Å². The van der Waals surface area contributed by atoms with Crippen LogP contribution in [-0.4, -0.2) is 28.8 Å². The molecule has 0 radical (unpaired) electrons. The normalized spacial score (nSPS) is 14.9. The number of benzene rings is 1. The molecule has 0 spiro atoms. The van der Waals surface area contributed by atoms with E-state index in [0.29, 0.717) is 22.4 Å². The molecule has 1 aliphatic rings. The lowest BCUT2D eigenvalue weighted by Crippen LogP contribution is -2.35. The summed E-state index contributed by atoms with van der Waals surface area (Å²) >= 11 is 12.3. The number of amides is 1. The second kappa shape index (κ2) is 8.72. The van der Waals surface area contributed by atoms with Crippen molar-refractivity contribution in [2.75, 3.05) is 18.4 Å². The summed E-state index contributed by atoms with van der Waals surface area (Å²) in [6.45, 7) is 2.22. The van der Waals surface area contributed by atoms with Crippen LogP contribution in [0, 0.1) is 5.92 Å². The van der Waals surface area contributed by atoms with Crippen molar-refractivity contribution in [3.8, 4) is 0 Å². The van der Waals surface area contributed by atoms with Crippen molar-refractivity contribution in [3.63, 3.8) is 0 Å². The van der Waals surface area contributed by atoms with Gasteiger partial charge >= 0.3 is 0 Å². The number of nitrogens with zero attached hydrogens (tertiary/aromatic N) is 2. The number of aromatic nitrogens is 2. The van der Waals surface area contributed by atoms with Gasteiger partial charge in [-0.3, -0.25) is 4.79 Å². The van der Waals surface area contributed by atoms with Crippen LogP contribution in [0.3, 0.4) is 0 Å². The molecule has 0 aliphatic carbocycles. The van der Waals surface area contributed by atoms with Crippen molar-refractivity contribution >= 4 is 47.3 Å². The van der Waals surface area contributed by atoms with E-state index in [1.807, 2.05) is 12.1 Å². The van der Waals surface area contributed by atoms with E-state index < -0.39 is 0 Å². The number of carbonyl (C=O) groups excluding carboxylic acids is 1. The molecule has 1 fully saturated rings. The third-order valence-corrected chi connectivity index (χ3v) is 4.89. The highest BCUT2D eigenvalue weighted by Gasteiger charge is 2.22. The van der Waals surface area contributed by atoms with E-state index in [2.05, 4.69) is 15.7 Å². The lowest BCUT2D eigenvalue weighted by atomic mass is 9.97. The highest BCUT2D eigenvalue weighted by atomic mass is 35.5. The summed E-state index contributed by atoms with van der Waals surface area (Å²) in [5, 5.41) is 11.5. The molecule has 1 amide bonds. The van der Waals surface area contributed by atoms with E-state index in [1.54, 1.807) is 23.0 Å². The topological polar surface area (TPSA) is 59.0 Å². The summed E-state index contributed by atoms with van der Waals surface area (Å²) in [4.78, 5) is 12.4. The molecule has 0 atom stereocenters. The van der Waals surface area contributed by atoms with Gasteiger partial charge in [0.2, 0.25) is 5.91 Å². The number of carbonyl (C=O) groups is 1. The minimum absolute atomic E-state index is 0. The molecule has 2 N–H and O–H groups in total. The second-order valence-corrected chi connectivity index (χ2v) is 6.39. The fourth-order valence-corrected chi connectivity index (χ4v) is 3.09. The summed E-state index contributed by atoms with van der Waals surface area (Å²) in [5.74, 6) is 0.768. The Morgan fingerprint density at radius 3 is 2.79 bits per heavy atom. The Labute approximate surface area is 157 Å². The van der Waals surface area contributed by atoms with Crippen LogP contribution in [0.4, 0.5) is 5.82 Å². The quantitative estimate of drug-likeness (QED) is 0.840. The Morgan fingerprint density at radius 1 is 1.29 bits per heavy atom. The summed E-state index contributed by atoms with van der Waals surface area (Å²) in [6, 6.07) is 7.28. The van der Waals surface area contributed by atoms with Gasteiger partial charge in [0.15, 0.2) is 0 Å². The van der Waals surface area contributed by atoms with Crippen molar-refractivity contribution in [2.24, 2.45) is 5.92 Å². The molecule has 0 bridgehead atoms. The van der Waals surface area contributed by atoms with Crippen molar-refractivity contribution in [3.05, 3.63) is 46.1 Å². The van der Waals surface area contributed by atoms with E-state index in [4.69, 9.17) is 23.2 Å². The van der Waals surface area contributed by atoms with Gasteiger partial charge in [0.05, 0.1) is 22.8 Å². The number of anilines is 1. The third-order valence-electron chi connectivity index (χ3n) is 4.03. The molecule has 8 heteroatoms. The molecule has 3 rings (SSSR count). The zero-order chi connectivity index (χ0) is 16.2. The standard InChI is InChI=1S/C16H18Cl2N4O.ClH/c17-13-3-1-2-12(15(13)18)10-22-14(6-9-20-22)21-16(23)11-4-7-19-8-5-11;/h1-3,6,9,11,19H,4-5,7-8,10H2,(H,21,23);1H. The highest BCUT2D eigenvalue weighted by Crippen LogP contribution is 2.26. The van der Waals surface area contributed by atoms with Gasteiger partial charge in [-0.1, -0.05) is 35.3 Å². The summed E-state index contributed by atoms with van der Waals surface area (Å²) < 4.78 is 1.72. The number of rotatable bonds is 4. The molecule has 5 nitrogen and oxygen atoms in total. The van der Waals surface area contributed by atoms with Gasteiger partial charge in [0.1, 0.15) is 5.82 Å². The fourth-order valence-electron chi connectivity index (χ4n) is 2.71. The Balaban J connectivity index is 0.00000208. The third kappa shape index (κ3) is 4.42. The number of piperidine rings is 1. The average molecular weight is 390 g/mol. The molecule has 0 unspecified atom stereocenters. The van der Waals surface area contributed by atoms with Crippen LogP contribution in [0.5, 0.6) is 0 Å². The van der Waals surface area contributed by atoms with E-state index in [1.165, 1.54) is 0 Å². The maximum Gasteiger partial charge on any atom is 0.228 e. The summed E-state index contributed by atoms with van der Waals surface area (Å²) in [6.07, 6.45) is 3.39. The van der Waals surface area contributed by atoms with Crippen LogP contribution in [0.15, 0.2) is 30.5 Å². The molecule has 2 aromatic rings. The second-order valence-electron chi connectivity index (χ2n) is 5.60. The maximum absolute atomic E-state index is 12.4. The monoisotopic (exact) mass is 388 g/mol. The zero-order valence-corrected chi connectivity index (χ0v) is 15.3.